The molecule has 0 saturated carbocycles. The molecule has 2 aromatic rings. The maximum absolute atomic E-state index is 9.48. The molecule has 0 unspecified atom stereocenters. The van der Waals surface area contributed by atoms with Crippen molar-refractivity contribution in [2.24, 2.45) is 5.73 Å². The van der Waals surface area contributed by atoms with Crippen LogP contribution >= 0.6 is 0 Å². The molecule has 0 aromatic carbocycles. The summed E-state index contributed by atoms with van der Waals surface area (Å²) in [5.41, 5.74) is 7.88. The van der Waals surface area contributed by atoms with Crippen LogP contribution in [0.25, 0.3) is 5.65 Å². The molecule has 0 aliphatic carbocycles. The van der Waals surface area contributed by atoms with E-state index in [9.17, 15) is 5.11 Å². The molecule has 0 fully saturated rings. The number of nitrogens with zero attached hydrogens (tertiary/aromatic N) is 2. The quantitative estimate of drug-likeness (QED) is 0.677. The Morgan fingerprint density at radius 3 is 3.00 bits per heavy atom. The zero-order valence-corrected chi connectivity index (χ0v) is 7.36. The standard InChI is InChI=1S/C9H11N3O/c1-6-7(5-10)11-9-8(13)3-2-4-12(6)9/h2-4,13H,5,10H2,1H3. The van der Waals surface area contributed by atoms with E-state index in [0.717, 1.165) is 11.4 Å². The number of pyridine rings is 1. The summed E-state index contributed by atoms with van der Waals surface area (Å²) in [5, 5.41) is 9.48. The van der Waals surface area contributed by atoms with Gasteiger partial charge in [-0.2, -0.15) is 0 Å². The van der Waals surface area contributed by atoms with E-state index in [1.165, 1.54) is 0 Å². The summed E-state index contributed by atoms with van der Waals surface area (Å²) < 4.78 is 1.83. The predicted octanol–water partition coefficient (Wildman–Crippen LogP) is 0.807. The van der Waals surface area contributed by atoms with Crippen molar-refractivity contribution in [1.82, 2.24) is 9.38 Å². The normalized spacial score (nSPS) is 10.9. The van der Waals surface area contributed by atoms with Crippen LogP contribution in [-0.4, -0.2) is 14.5 Å². The van der Waals surface area contributed by atoms with Gasteiger partial charge in [0.1, 0.15) is 0 Å². The van der Waals surface area contributed by atoms with Crippen molar-refractivity contribution in [2.45, 2.75) is 13.5 Å². The second-order valence-electron chi connectivity index (χ2n) is 2.94. The van der Waals surface area contributed by atoms with E-state index in [1.54, 1.807) is 12.1 Å². The van der Waals surface area contributed by atoms with Crippen molar-refractivity contribution >= 4 is 5.65 Å². The lowest BCUT2D eigenvalue weighted by Gasteiger charge is -1.96. The first-order chi connectivity index (χ1) is 6.24. The molecule has 0 aliphatic rings. The number of hydrogen-bond acceptors (Lipinski definition) is 3. The second-order valence-corrected chi connectivity index (χ2v) is 2.94. The monoisotopic (exact) mass is 177 g/mol. The van der Waals surface area contributed by atoms with Crippen LogP contribution in [0, 0.1) is 6.92 Å². The number of imidazole rings is 1. The number of fused-ring (bicyclic) bond motifs is 1. The van der Waals surface area contributed by atoms with Gasteiger partial charge in [-0.05, 0) is 19.1 Å². The molecule has 0 aliphatic heterocycles. The van der Waals surface area contributed by atoms with Gasteiger partial charge in [-0.15, -0.1) is 0 Å². The first kappa shape index (κ1) is 8.07. The molecular formula is C9H11N3O. The Balaban J connectivity index is 2.83. The summed E-state index contributed by atoms with van der Waals surface area (Å²) >= 11 is 0. The minimum absolute atomic E-state index is 0.185. The second kappa shape index (κ2) is 2.74. The van der Waals surface area contributed by atoms with E-state index in [1.807, 2.05) is 17.5 Å². The minimum Gasteiger partial charge on any atom is -0.504 e. The Kier molecular flexibility index (Phi) is 1.70. The molecule has 2 rings (SSSR count). The first-order valence-electron chi connectivity index (χ1n) is 4.09. The molecule has 13 heavy (non-hydrogen) atoms. The molecule has 68 valence electrons. The van der Waals surface area contributed by atoms with E-state index < -0.39 is 0 Å². The van der Waals surface area contributed by atoms with Gasteiger partial charge in [0, 0.05) is 18.4 Å². The molecular weight excluding hydrogens is 166 g/mol. The maximum atomic E-state index is 9.48. The number of aryl methyl sites for hydroxylation is 1. The molecule has 0 amide bonds. The predicted molar refractivity (Wildman–Crippen MR) is 49.5 cm³/mol. The molecule has 3 N–H and O–H groups in total. The van der Waals surface area contributed by atoms with Gasteiger partial charge in [-0.25, -0.2) is 4.98 Å². The summed E-state index contributed by atoms with van der Waals surface area (Å²) in [7, 11) is 0. The number of aromatic nitrogens is 2. The fourth-order valence-corrected chi connectivity index (χ4v) is 1.41. The lowest BCUT2D eigenvalue weighted by molar-refractivity contribution is 0.477. The molecule has 0 atom stereocenters. The summed E-state index contributed by atoms with van der Waals surface area (Å²) in [6.45, 7) is 2.33. The zero-order valence-electron chi connectivity index (χ0n) is 7.36. The Morgan fingerprint density at radius 1 is 1.62 bits per heavy atom. The first-order valence-corrected chi connectivity index (χ1v) is 4.09. The Morgan fingerprint density at radius 2 is 2.38 bits per heavy atom. The van der Waals surface area contributed by atoms with Gasteiger partial charge in [0.15, 0.2) is 11.4 Å². The van der Waals surface area contributed by atoms with Crippen LogP contribution in [0.5, 0.6) is 5.75 Å². The average molecular weight is 177 g/mol. The molecule has 0 spiro atoms. The highest BCUT2D eigenvalue weighted by Gasteiger charge is 2.08. The molecule has 0 bridgehead atoms. The van der Waals surface area contributed by atoms with Gasteiger partial charge in [0.05, 0.1) is 5.69 Å². The fraction of sp³-hybridized carbons (Fsp3) is 0.222. The van der Waals surface area contributed by atoms with Crippen molar-refractivity contribution in [3.8, 4) is 5.75 Å². The Bertz CT molecular complexity index is 447. The third-order valence-electron chi connectivity index (χ3n) is 2.16. The molecule has 0 radical (unpaired) electrons. The fourth-order valence-electron chi connectivity index (χ4n) is 1.41. The summed E-state index contributed by atoms with van der Waals surface area (Å²) in [5.74, 6) is 0.185. The van der Waals surface area contributed by atoms with Gasteiger partial charge in [0.25, 0.3) is 0 Å². The summed E-state index contributed by atoms with van der Waals surface area (Å²) in [4.78, 5) is 4.22. The van der Waals surface area contributed by atoms with Gasteiger partial charge in [-0.1, -0.05) is 0 Å². The maximum Gasteiger partial charge on any atom is 0.179 e. The van der Waals surface area contributed by atoms with Crippen LogP contribution in [0.15, 0.2) is 18.3 Å². The largest absolute Gasteiger partial charge is 0.504 e. The van der Waals surface area contributed by atoms with Crippen LogP contribution in [0.2, 0.25) is 0 Å². The van der Waals surface area contributed by atoms with E-state index in [-0.39, 0.29) is 5.75 Å². The third kappa shape index (κ3) is 1.07. The van der Waals surface area contributed by atoms with Gasteiger partial charge in [-0.3, -0.25) is 0 Å². The number of nitrogens with two attached hydrogens (primary N) is 1. The summed E-state index contributed by atoms with van der Waals surface area (Å²) in [6, 6.07) is 3.39. The number of aromatic hydroxyl groups is 1. The molecule has 2 aromatic heterocycles. The lowest BCUT2D eigenvalue weighted by Crippen LogP contribution is -1.98. The van der Waals surface area contributed by atoms with E-state index in [4.69, 9.17) is 5.73 Å². The highest BCUT2D eigenvalue weighted by Crippen LogP contribution is 2.19. The van der Waals surface area contributed by atoms with Crippen LogP contribution in [0.3, 0.4) is 0 Å². The van der Waals surface area contributed by atoms with Crippen molar-refractivity contribution < 1.29 is 5.11 Å². The van der Waals surface area contributed by atoms with Crippen molar-refractivity contribution in [2.75, 3.05) is 0 Å². The van der Waals surface area contributed by atoms with Crippen molar-refractivity contribution in [3.05, 3.63) is 29.7 Å². The molecule has 2 heterocycles. The van der Waals surface area contributed by atoms with Crippen molar-refractivity contribution in [1.29, 1.82) is 0 Å². The average Bonchev–Trinajstić information content (AvgIpc) is 2.45. The van der Waals surface area contributed by atoms with Crippen LogP contribution in [0.4, 0.5) is 0 Å². The van der Waals surface area contributed by atoms with Crippen LogP contribution in [0.1, 0.15) is 11.4 Å². The Hall–Kier alpha value is -1.55. The lowest BCUT2D eigenvalue weighted by atomic mass is 10.3. The van der Waals surface area contributed by atoms with E-state index in [2.05, 4.69) is 4.98 Å². The topological polar surface area (TPSA) is 63.5 Å². The van der Waals surface area contributed by atoms with Crippen LogP contribution in [-0.2, 0) is 6.54 Å². The SMILES string of the molecule is Cc1c(CN)nc2c(O)cccn12. The van der Waals surface area contributed by atoms with Gasteiger partial charge in [0.2, 0.25) is 0 Å². The Labute approximate surface area is 75.6 Å². The molecule has 4 heteroatoms. The van der Waals surface area contributed by atoms with Crippen molar-refractivity contribution in [3.63, 3.8) is 0 Å². The smallest absolute Gasteiger partial charge is 0.179 e. The molecule has 0 saturated heterocycles. The third-order valence-corrected chi connectivity index (χ3v) is 2.16. The highest BCUT2D eigenvalue weighted by atomic mass is 16.3. The minimum atomic E-state index is 0.185. The highest BCUT2D eigenvalue weighted by molar-refractivity contribution is 5.54. The number of hydrogen-bond donors (Lipinski definition) is 2. The number of rotatable bonds is 1. The summed E-state index contributed by atoms with van der Waals surface area (Å²) in [6.07, 6.45) is 1.86. The van der Waals surface area contributed by atoms with Crippen LogP contribution < -0.4 is 5.73 Å². The zero-order chi connectivity index (χ0) is 9.42. The van der Waals surface area contributed by atoms with E-state index >= 15 is 0 Å². The van der Waals surface area contributed by atoms with Gasteiger partial charge >= 0.3 is 0 Å². The molecule has 4 nitrogen and oxygen atoms in total. The van der Waals surface area contributed by atoms with Gasteiger partial charge < -0.3 is 15.2 Å². The van der Waals surface area contributed by atoms with E-state index in [0.29, 0.717) is 12.2 Å².